The van der Waals surface area contributed by atoms with E-state index in [9.17, 15) is 0 Å². The fraction of sp³-hybridized carbons (Fsp3) is 0. The van der Waals surface area contributed by atoms with Gasteiger partial charge in [-0.25, -0.2) is 9.69 Å². The van der Waals surface area contributed by atoms with Crippen LogP contribution in [0.4, 0.5) is 11.4 Å². The molecule has 3 heterocycles. The van der Waals surface area contributed by atoms with Gasteiger partial charge in [-0.05, 0) is 83.2 Å². The molecule has 55 heavy (non-hydrogen) atoms. The number of hydrogen-bond acceptors (Lipinski definition) is 0. The van der Waals surface area contributed by atoms with Crippen molar-refractivity contribution in [2.24, 2.45) is 0 Å². The van der Waals surface area contributed by atoms with E-state index in [1.165, 1.54) is 27.2 Å². The van der Waals surface area contributed by atoms with Crippen LogP contribution in [0.3, 0.4) is 0 Å². The summed E-state index contributed by atoms with van der Waals surface area (Å²) < 4.78 is 7.02. The second kappa shape index (κ2) is 11.8. The van der Waals surface area contributed by atoms with Crippen LogP contribution in [0.1, 0.15) is 0 Å². The summed E-state index contributed by atoms with van der Waals surface area (Å²) in [7, 11) is 0. The van der Waals surface area contributed by atoms with Crippen molar-refractivity contribution in [3.05, 3.63) is 199 Å². The molecule has 0 radical (unpaired) electrons. The lowest BCUT2D eigenvalue weighted by molar-refractivity contribution is 1.16. The maximum absolute atomic E-state index is 8.31. The number of benzene rings is 8. The van der Waals surface area contributed by atoms with E-state index in [1.54, 1.807) is 0 Å². The lowest BCUT2D eigenvalue weighted by Crippen LogP contribution is -1.99. The molecule has 0 bridgehead atoms. The van der Waals surface area contributed by atoms with Gasteiger partial charge in [-0.15, -0.1) is 0 Å². The Morgan fingerprint density at radius 1 is 0.345 bits per heavy atom. The average Bonchev–Trinajstić information content (AvgIpc) is 3.89. The van der Waals surface area contributed by atoms with Crippen molar-refractivity contribution in [1.29, 1.82) is 0 Å². The summed E-state index contributed by atoms with van der Waals surface area (Å²) in [6.45, 7) is 16.0. The van der Waals surface area contributed by atoms with Crippen LogP contribution >= 0.6 is 0 Å². The zero-order chi connectivity index (χ0) is 36.6. The highest BCUT2D eigenvalue weighted by Crippen LogP contribution is 2.43. The summed E-state index contributed by atoms with van der Waals surface area (Å²) in [4.78, 5) is 7.79. The first-order valence-corrected chi connectivity index (χ1v) is 18.3. The van der Waals surface area contributed by atoms with E-state index < -0.39 is 0 Å². The highest BCUT2D eigenvalue weighted by molar-refractivity contribution is 6.17. The van der Waals surface area contributed by atoms with E-state index in [0.29, 0.717) is 11.4 Å². The first-order valence-electron chi connectivity index (χ1n) is 18.3. The van der Waals surface area contributed by atoms with Gasteiger partial charge in [0.05, 0.1) is 57.6 Å². The van der Waals surface area contributed by atoms with E-state index in [4.69, 9.17) is 13.1 Å². The normalized spacial score (nSPS) is 11.6. The first kappa shape index (κ1) is 30.7. The maximum Gasteiger partial charge on any atom is 0.195 e. The molecule has 11 rings (SSSR count). The van der Waals surface area contributed by atoms with Crippen molar-refractivity contribution in [2.75, 3.05) is 0 Å². The molecule has 0 amide bonds. The Labute approximate surface area is 316 Å². The van der Waals surface area contributed by atoms with Crippen LogP contribution in [-0.4, -0.2) is 13.7 Å². The largest absolute Gasteiger partial charge is 0.309 e. The third-order valence-electron chi connectivity index (χ3n) is 11.1. The summed E-state index contributed by atoms with van der Waals surface area (Å²) in [6.07, 6.45) is 0. The van der Waals surface area contributed by atoms with Crippen molar-refractivity contribution in [2.45, 2.75) is 0 Å². The van der Waals surface area contributed by atoms with Crippen LogP contribution in [0.5, 0.6) is 0 Å². The van der Waals surface area contributed by atoms with Crippen molar-refractivity contribution < 1.29 is 0 Å². The SMILES string of the molecule is [C-]#[N+]c1ccc2c(c1)c1ccccc1n2-c1ccccc1-c1cc(-n2c3ccccc3c3c(-n4c5ccccc5c5ccccc54)cccc32)ccc1[N+]#[C-]. The molecule has 5 heteroatoms. The molecule has 0 saturated carbocycles. The molecule has 254 valence electrons. The van der Waals surface area contributed by atoms with Crippen molar-refractivity contribution in [1.82, 2.24) is 13.7 Å². The van der Waals surface area contributed by atoms with Crippen molar-refractivity contribution in [3.63, 3.8) is 0 Å². The Balaban J connectivity index is 1.18. The number of hydrogen-bond donors (Lipinski definition) is 0. The molecule has 0 unspecified atom stereocenters. The van der Waals surface area contributed by atoms with Gasteiger partial charge >= 0.3 is 0 Å². The lowest BCUT2D eigenvalue weighted by Gasteiger charge is -2.17. The van der Waals surface area contributed by atoms with Gasteiger partial charge in [0.2, 0.25) is 0 Å². The van der Waals surface area contributed by atoms with E-state index in [1.807, 2.05) is 36.4 Å². The molecular weight excluding hydrogens is 671 g/mol. The number of fused-ring (bicyclic) bond motifs is 9. The molecular formula is C50H29N5. The van der Waals surface area contributed by atoms with Crippen LogP contribution in [0.25, 0.3) is 103 Å². The Morgan fingerprint density at radius 2 is 0.873 bits per heavy atom. The molecule has 0 spiro atoms. The van der Waals surface area contributed by atoms with Crippen LogP contribution in [0.2, 0.25) is 0 Å². The molecule has 5 nitrogen and oxygen atoms in total. The van der Waals surface area contributed by atoms with Gasteiger partial charge in [0, 0.05) is 32.6 Å². The standard InChI is InChI=1S/C50H29N5/c1-51-32-26-29-47-40(30-32)37-17-6-11-22-45(37)54(47)44-21-10-5-16-36(44)39-31-33(27-28-41(39)52-2)53-46-23-12-7-18-38(46)50-48(53)24-13-25-49(50)55-42-19-8-3-14-34(42)35-15-4-9-20-43(35)55/h3-31H. The summed E-state index contributed by atoms with van der Waals surface area (Å²) in [5.74, 6) is 0. The van der Waals surface area contributed by atoms with Crippen LogP contribution in [-0.2, 0) is 0 Å². The predicted octanol–water partition coefficient (Wildman–Crippen LogP) is 13.7. The van der Waals surface area contributed by atoms with Crippen LogP contribution < -0.4 is 0 Å². The average molecular weight is 700 g/mol. The third-order valence-corrected chi connectivity index (χ3v) is 11.1. The number of para-hydroxylation sites is 5. The fourth-order valence-corrected chi connectivity index (χ4v) is 8.81. The molecule has 0 aliphatic rings. The third kappa shape index (κ3) is 4.39. The van der Waals surface area contributed by atoms with E-state index >= 15 is 0 Å². The molecule has 3 aromatic heterocycles. The van der Waals surface area contributed by atoms with Gasteiger partial charge in [0.25, 0.3) is 0 Å². The van der Waals surface area contributed by atoms with Gasteiger partial charge in [0.15, 0.2) is 11.4 Å². The molecule has 8 aromatic carbocycles. The first-order chi connectivity index (χ1) is 27.2. The van der Waals surface area contributed by atoms with Crippen molar-refractivity contribution in [3.8, 4) is 28.2 Å². The molecule has 0 saturated heterocycles. The highest BCUT2D eigenvalue weighted by atomic mass is 15.0. The lowest BCUT2D eigenvalue weighted by atomic mass is 10.0. The highest BCUT2D eigenvalue weighted by Gasteiger charge is 2.22. The minimum Gasteiger partial charge on any atom is -0.309 e. The topological polar surface area (TPSA) is 23.5 Å². The minimum absolute atomic E-state index is 0.582. The van der Waals surface area contributed by atoms with Gasteiger partial charge < -0.3 is 13.7 Å². The Morgan fingerprint density at radius 3 is 1.55 bits per heavy atom. The number of rotatable bonds is 4. The molecule has 0 atom stereocenters. The van der Waals surface area contributed by atoms with E-state index in [0.717, 1.165) is 66.4 Å². The van der Waals surface area contributed by atoms with Gasteiger partial charge in [-0.2, -0.15) is 0 Å². The number of nitrogens with zero attached hydrogens (tertiary/aromatic N) is 5. The molecule has 0 aliphatic heterocycles. The van der Waals surface area contributed by atoms with Gasteiger partial charge in [-0.3, -0.25) is 0 Å². The van der Waals surface area contributed by atoms with Gasteiger partial charge in [-0.1, -0.05) is 109 Å². The fourth-order valence-electron chi connectivity index (χ4n) is 8.81. The maximum atomic E-state index is 8.31. The summed E-state index contributed by atoms with van der Waals surface area (Å²) in [5, 5.41) is 6.91. The van der Waals surface area contributed by atoms with Crippen LogP contribution in [0.15, 0.2) is 176 Å². The second-order valence-corrected chi connectivity index (χ2v) is 13.9. The predicted molar refractivity (Wildman–Crippen MR) is 227 cm³/mol. The summed E-state index contributed by atoms with van der Waals surface area (Å²) >= 11 is 0. The minimum atomic E-state index is 0.582. The molecule has 0 N–H and O–H groups in total. The van der Waals surface area contributed by atoms with Crippen LogP contribution in [0, 0.1) is 13.1 Å². The second-order valence-electron chi connectivity index (χ2n) is 13.9. The van der Waals surface area contributed by atoms with Crippen molar-refractivity contribution >= 4 is 76.8 Å². The summed E-state index contributed by atoms with van der Waals surface area (Å²) in [6, 6.07) is 61.3. The quantitative estimate of drug-likeness (QED) is 0.163. The number of aromatic nitrogens is 3. The zero-order valence-corrected chi connectivity index (χ0v) is 29.5. The van der Waals surface area contributed by atoms with E-state index in [2.05, 4.69) is 163 Å². The molecule has 0 aliphatic carbocycles. The summed E-state index contributed by atoms with van der Waals surface area (Å²) in [5.41, 5.74) is 12.7. The van der Waals surface area contributed by atoms with E-state index in [-0.39, 0.29) is 0 Å². The monoisotopic (exact) mass is 699 g/mol. The molecule has 0 fully saturated rings. The zero-order valence-electron chi connectivity index (χ0n) is 29.5. The molecule has 11 aromatic rings. The Kier molecular flexibility index (Phi) is 6.61. The van der Waals surface area contributed by atoms with Gasteiger partial charge in [0.1, 0.15) is 0 Å². The smallest absolute Gasteiger partial charge is 0.195 e. The Bertz CT molecular complexity index is 3420. The Hall–Kier alpha value is -7.86.